The molecule has 0 unspecified atom stereocenters. The highest BCUT2D eigenvalue weighted by Gasteiger charge is 2.21. The quantitative estimate of drug-likeness (QED) is 0.618. The summed E-state index contributed by atoms with van der Waals surface area (Å²) in [5.41, 5.74) is -0.321. The smallest absolute Gasteiger partial charge is 0.162 e. The van der Waals surface area contributed by atoms with Crippen LogP contribution < -0.4 is 0 Å². The molecular formula is C7H14O2S. The third-order valence-corrected chi connectivity index (χ3v) is 2.09. The van der Waals surface area contributed by atoms with Crippen LogP contribution in [0.15, 0.2) is 0 Å². The van der Waals surface area contributed by atoms with Crippen LogP contribution in [0.25, 0.3) is 0 Å². The fraction of sp³-hybridized carbons (Fsp3) is 0.857. The fourth-order valence-corrected chi connectivity index (χ4v) is 0.730. The Labute approximate surface area is 66.9 Å². The summed E-state index contributed by atoms with van der Waals surface area (Å²) in [7, 11) is 0. The number of hydrogen-bond acceptors (Lipinski definition) is 2. The topological polar surface area (TPSA) is 40.5 Å². The molecule has 0 fully saturated rings. The summed E-state index contributed by atoms with van der Waals surface area (Å²) >= 11 is 4.62. The molecule has 0 aliphatic carbocycles. The van der Waals surface area contributed by atoms with Crippen LogP contribution in [0.4, 0.5) is 0 Å². The molecule has 0 aliphatic heterocycles. The van der Waals surface area contributed by atoms with Gasteiger partial charge in [0.2, 0.25) is 0 Å². The third kappa shape index (κ3) is 3.13. The van der Waals surface area contributed by atoms with Crippen LogP contribution in [-0.4, -0.2) is 21.9 Å². The van der Waals surface area contributed by atoms with Crippen molar-refractivity contribution in [2.24, 2.45) is 5.41 Å². The van der Waals surface area contributed by atoms with Gasteiger partial charge in [-0.3, -0.25) is 0 Å². The van der Waals surface area contributed by atoms with Gasteiger partial charge in [-0.2, -0.15) is 0 Å². The molecule has 60 valence electrons. The van der Waals surface area contributed by atoms with E-state index in [-0.39, 0.29) is 17.1 Å². The van der Waals surface area contributed by atoms with Gasteiger partial charge >= 0.3 is 0 Å². The van der Waals surface area contributed by atoms with Crippen molar-refractivity contribution in [1.82, 2.24) is 0 Å². The molecule has 0 radical (unpaired) electrons. The molecule has 2 nitrogen and oxygen atoms in total. The molecule has 0 saturated carbocycles. The Balaban J connectivity index is 3.75. The number of aliphatic hydroxyl groups is 2. The molecule has 0 saturated heterocycles. The van der Waals surface area contributed by atoms with Gasteiger partial charge in [-0.05, 0) is 25.1 Å². The Morgan fingerprint density at radius 2 is 2.00 bits per heavy atom. The minimum absolute atomic E-state index is 0.0287. The molecule has 2 N–H and O–H groups in total. The number of aliphatic hydroxyl groups excluding tert-OH is 2. The molecule has 0 bridgehead atoms. The van der Waals surface area contributed by atoms with Crippen molar-refractivity contribution in [3.8, 4) is 0 Å². The highest BCUT2D eigenvalue weighted by molar-refractivity contribution is 7.80. The molecule has 0 atom stereocenters. The van der Waals surface area contributed by atoms with E-state index in [1.54, 1.807) is 0 Å². The van der Waals surface area contributed by atoms with Crippen LogP contribution in [0.1, 0.15) is 26.7 Å². The number of thiocarbonyl (C=S) groups is 1. The van der Waals surface area contributed by atoms with E-state index in [0.29, 0.717) is 6.42 Å². The van der Waals surface area contributed by atoms with Gasteiger partial charge in [0.1, 0.15) is 0 Å². The highest BCUT2D eigenvalue weighted by atomic mass is 32.1. The SMILES string of the molecule is CC(C)(CCCO)C(O)=S. The lowest BCUT2D eigenvalue weighted by atomic mass is 9.89. The van der Waals surface area contributed by atoms with Crippen molar-refractivity contribution in [3.63, 3.8) is 0 Å². The Morgan fingerprint density at radius 1 is 1.50 bits per heavy atom. The first-order valence-corrected chi connectivity index (χ1v) is 3.76. The molecular weight excluding hydrogens is 148 g/mol. The molecule has 3 heteroatoms. The molecule has 0 heterocycles. The van der Waals surface area contributed by atoms with Crippen LogP contribution in [0.5, 0.6) is 0 Å². The predicted octanol–water partition coefficient (Wildman–Crippen LogP) is 1.67. The predicted molar refractivity (Wildman–Crippen MR) is 45.3 cm³/mol. The zero-order valence-electron chi connectivity index (χ0n) is 6.42. The maximum absolute atomic E-state index is 8.96. The van der Waals surface area contributed by atoms with Crippen LogP contribution in [-0.2, 0) is 0 Å². The van der Waals surface area contributed by atoms with E-state index >= 15 is 0 Å². The second-order valence-electron chi connectivity index (χ2n) is 3.02. The van der Waals surface area contributed by atoms with Gasteiger partial charge in [-0.25, -0.2) is 0 Å². The minimum atomic E-state index is -0.321. The van der Waals surface area contributed by atoms with Gasteiger partial charge in [0.15, 0.2) is 5.05 Å². The zero-order valence-corrected chi connectivity index (χ0v) is 7.24. The Morgan fingerprint density at radius 3 is 2.30 bits per heavy atom. The maximum Gasteiger partial charge on any atom is 0.162 e. The standard InChI is InChI=1S/C7H14O2S/c1-7(2,6(9)10)4-3-5-8/h8H,3-5H2,1-2H3,(H,9,10). The summed E-state index contributed by atoms with van der Waals surface area (Å²) in [6.45, 7) is 3.89. The van der Waals surface area contributed by atoms with Crippen LogP contribution >= 0.6 is 12.2 Å². The monoisotopic (exact) mass is 162 g/mol. The normalized spacial score (nSPS) is 11.5. The lowest BCUT2D eigenvalue weighted by Crippen LogP contribution is -2.21. The van der Waals surface area contributed by atoms with Crippen molar-refractivity contribution in [2.75, 3.05) is 6.61 Å². The van der Waals surface area contributed by atoms with Crippen molar-refractivity contribution >= 4 is 17.3 Å². The Kier molecular flexibility index (Phi) is 3.83. The van der Waals surface area contributed by atoms with E-state index in [1.807, 2.05) is 13.8 Å². The number of hydrogen-bond donors (Lipinski definition) is 2. The minimum Gasteiger partial charge on any atom is -0.502 e. The van der Waals surface area contributed by atoms with Gasteiger partial charge in [-0.1, -0.05) is 13.8 Å². The summed E-state index contributed by atoms with van der Waals surface area (Å²) in [5.74, 6) is 0. The lowest BCUT2D eigenvalue weighted by molar-refractivity contribution is 0.261. The maximum atomic E-state index is 8.96. The average molecular weight is 162 g/mol. The van der Waals surface area contributed by atoms with Crippen molar-refractivity contribution < 1.29 is 10.2 Å². The van der Waals surface area contributed by atoms with E-state index in [2.05, 4.69) is 12.2 Å². The van der Waals surface area contributed by atoms with Crippen molar-refractivity contribution in [2.45, 2.75) is 26.7 Å². The van der Waals surface area contributed by atoms with E-state index in [0.717, 1.165) is 6.42 Å². The largest absolute Gasteiger partial charge is 0.502 e. The molecule has 0 amide bonds. The summed E-state index contributed by atoms with van der Waals surface area (Å²) in [6.07, 6.45) is 1.42. The van der Waals surface area contributed by atoms with Crippen LogP contribution in [0, 0.1) is 5.41 Å². The highest BCUT2D eigenvalue weighted by Crippen LogP contribution is 2.22. The molecule has 0 aromatic heterocycles. The molecule has 0 aromatic rings. The van der Waals surface area contributed by atoms with Gasteiger partial charge in [0.25, 0.3) is 0 Å². The molecule has 0 rings (SSSR count). The van der Waals surface area contributed by atoms with Crippen molar-refractivity contribution in [1.29, 1.82) is 0 Å². The summed E-state index contributed by atoms with van der Waals surface area (Å²) < 4.78 is 0. The molecule has 0 spiro atoms. The van der Waals surface area contributed by atoms with E-state index < -0.39 is 0 Å². The first kappa shape index (κ1) is 9.85. The van der Waals surface area contributed by atoms with Gasteiger partial charge in [0, 0.05) is 12.0 Å². The van der Waals surface area contributed by atoms with E-state index in [4.69, 9.17) is 10.2 Å². The summed E-state index contributed by atoms with van der Waals surface area (Å²) in [4.78, 5) is 0. The fourth-order valence-electron chi connectivity index (χ4n) is 0.628. The molecule has 0 aromatic carbocycles. The first-order chi connectivity index (χ1) is 4.50. The van der Waals surface area contributed by atoms with Crippen molar-refractivity contribution in [3.05, 3.63) is 0 Å². The van der Waals surface area contributed by atoms with E-state index in [9.17, 15) is 0 Å². The average Bonchev–Trinajstić information content (AvgIpc) is 1.84. The van der Waals surface area contributed by atoms with Crippen LogP contribution in [0.3, 0.4) is 0 Å². The van der Waals surface area contributed by atoms with Gasteiger partial charge < -0.3 is 10.2 Å². The second kappa shape index (κ2) is 3.88. The first-order valence-electron chi connectivity index (χ1n) is 3.35. The van der Waals surface area contributed by atoms with Gasteiger partial charge in [0.05, 0.1) is 0 Å². The molecule has 0 aliphatic rings. The summed E-state index contributed by atoms with van der Waals surface area (Å²) in [5, 5.41) is 17.5. The lowest BCUT2D eigenvalue weighted by Gasteiger charge is -2.20. The van der Waals surface area contributed by atoms with E-state index in [1.165, 1.54) is 0 Å². The van der Waals surface area contributed by atoms with Gasteiger partial charge in [-0.15, -0.1) is 0 Å². The second-order valence-corrected chi connectivity index (χ2v) is 3.40. The third-order valence-electron chi connectivity index (χ3n) is 1.54. The Bertz CT molecular complexity index is 121. The zero-order chi connectivity index (χ0) is 8.20. The van der Waals surface area contributed by atoms with Crippen LogP contribution in [0.2, 0.25) is 0 Å². The Hall–Kier alpha value is -0.150. The molecule has 10 heavy (non-hydrogen) atoms. The number of rotatable bonds is 4. The summed E-state index contributed by atoms with van der Waals surface area (Å²) in [6, 6.07) is 0.